The van der Waals surface area contributed by atoms with Crippen molar-refractivity contribution in [3.05, 3.63) is 42.6 Å². The number of fused-ring (bicyclic) bond motifs is 1. The van der Waals surface area contributed by atoms with E-state index < -0.39 is 6.36 Å². The molecule has 1 aliphatic heterocycles. The molecular formula is C19H19F3N4O2. The third kappa shape index (κ3) is 4.04. The second-order valence-electron chi connectivity index (χ2n) is 6.77. The number of nitrogens with zero attached hydrogens (tertiary/aromatic N) is 4. The normalized spacial score (nSPS) is 18.4. The van der Waals surface area contributed by atoms with Crippen LogP contribution in [-0.4, -0.2) is 52.1 Å². The molecule has 148 valence electrons. The first-order valence-corrected chi connectivity index (χ1v) is 8.94. The lowest BCUT2D eigenvalue weighted by molar-refractivity contribution is -0.274. The Bertz CT molecular complexity index is 973. The molecule has 0 amide bonds. The van der Waals surface area contributed by atoms with Gasteiger partial charge in [0, 0.05) is 18.2 Å². The van der Waals surface area contributed by atoms with Crippen molar-refractivity contribution >= 4 is 5.65 Å². The van der Waals surface area contributed by atoms with E-state index in [-0.39, 0.29) is 17.4 Å². The molecule has 1 aliphatic rings. The van der Waals surface area contributed by atoms with E-state index in [4.69, 9.17) is 4.74 Å². The van der Waals surface area contributed by atoms with E-state index in [1.165, 1.54) is 28.9 Å². The zero-order valence-electron chi connectivity index (χ0n) is 15.2. The number of piperidine rings is 1. The van der Waals surface area contributed by atoms with Crippen molar-refractivity contribution in [3.63, 3.8) is 0 Å². The highest BCUT2D eigenvalue weighted by Crippen LogP contribution is 2.34. The van der Waals surface area contributed by atoms with Gasteiger partial charge in [0.25, 0.3) is 0 Å². The number of likely N-dealkylation sites (tertiary alicyclic amines) is 1. The first kappa shape index (κ1) is 18.5. The van der Waals surface area contributed by atoms with E-state index in [2.05, 4.69) is 19.7 Å². The average Bonchev–Trinajstić information content (AvgIpc) is 3.04. The van der Waals surface area contributed by atoms with Gasteiger partial charge < -0.3 is 14.4 Å². The fourth-order valence-corrected chi connectivity index (χ4v) is 3.38. The zero-order chi connectivity index (χ0) is 19.7. The van der Waals surface area contributed by atoms with Crippen LogP contribution in [0.15, 0.2) is 42.6 Å². The van der Waals surface area contributed by atoms with Gasteiger partial charge in [-0.1, -0.05) is 12.1 Å². The van der Waals surface area contributed by atoms with Crippen molar-refractivity contribution in [3.8, 4) is 22.9 Å². The first-order valence-electron chi connectivity index (χ1n) is 8.94. The molecule has 0 spiro atoms. The first-order chi connectivity index (χ1) is 13.4. The molecular weight excluding hydrogens is 373 g/mol. The van der Waals surface area contributed by atoms with Crippen LogP contribution in [0.25, 0.3) is 16.9 Å². The molecule has 0 aliphatic carbocycles. The van der Waals surface area contributed by atoms with Gasteiger partial charge in [0.05, 0.1) is 11.9 Å². The van der Waals surface area contributed by atoms with Crippen LogP contribution >= 0.6 is 0 Å². The van der Waals surface area contributed by atoms with Gasteiger partial charge >= 0.3 is 6.36 Å². The minimum absolute atomic E-state index is 0.0246. The summed E-state index contributed by atoms with van der Waals surface area (Å²) < 4.78 is 49.9. The molecule has 1 saturated heterocycles. The third-order valence-corrected chi connectivity index (χ3v) is 4.60. The van der Waals surface area contributed by atoms with E-state index in [0.717, 1.165) is 25.9 Å². The van der Waals surface area contributed by atoms with E-state index >= 15 is 0 Å². The number of likely N-dealkylation sites (N-methyl/N-ethyl adjacent to an activating group) is 1. The van der Waals surface area contributed by atoms with Gasteiger partial charge in [0.1, 0.15) is 11.9 Å². The number of ether oxygens (including phenoxy) is 2. The van der Waals surface area contributed by atoms with Crippen LogP contribution in [0.4, 0.5) is 13.2 Å². The largest absolute Gasteiger partial charge is 0.573 e. The van der Waals surface area contributed by atoms with Crippen molar-refractivity contribution in [2.24, 2.45) is 0 Å². The van der Waals surface area contributed by atoms with Crippen molar-refractivity contribution in [1.29, 1.82) is 0 Å². The van der Waals surface area contributed by atoms with Crippen LogP contribution < -0.4 is 9.47 Å². The number of rotatable bonds is 4. The molecule has 28 heavy (non-hydrogen) atoms. The molecule has 1 atom stereocenters. The number of alkyl halides is 3. The Hall–Kier alpha value is -2.81. The fraction of sp³-hybridized carbons (Fsp3) is 0.368. The Morgan fingerprint density at radius 1 is 1.14 bits per heavy atom. The second kappa shape index (κ2) is 7.31. The highest BCUT2D eigenvalue weighted by Gasteiger charge is 2.32. The third-order valence-electron chi connectivity index (χ3n) is 4.60. The quantitative estimate of drug-likeness (QED) is 0.677. The van der Waals surface area contributed by atoms with Gasteiger partial charge in [-0.05, 0) is 44.6 Å². The minimum Gasteiger partial charge on any atom is -0.472 e. The number of imidazole rings is 1. The molecule has 3 heterocycles. The molecule has 6 nitrogen and oxygen atoms in total. The smallest absolute Gasteiger partial charge is 0.472 e. The highest BCUT2D eigenvalue weighted by atomic mass is 19.4. The van der Waals surface area contributed by atoms with Gasteiger partial charge in [-0.15, -0.1) is 18.3 Å². The molecule has 4 rings (SSSR count). The van der Waals surface area contributed by atoms with Crippen molar-refractivity contribution in [1.82, 2.24) is 19.5 Å². The molecule has 1 aromatic carbocycles. The van der Waals surface area contributed by atoms with E-state index in [1.54, 1.807) is 18.2 Å². The SMILES string of the molecule is CN1CCCC(Oc2ccc3ncc(-c4ccccc4OC(F)(F)F)n3n2)C1. The maximum Gasteiger partial charge on any atom is 0.573 e. The summed E-state index contributed by atoms with van der Waals surface area (Å²) in [7, 11) is 2.04. The predicted molar refractivity (Wildman–Crippen MR) is 96.3 cm³/mol. The molecule has 0 bridgehead atoms. The molecule has 2 aromatic heterocycles. The summed E-state index contributed by atoms with van der Waals surface area (Å²) in [5.41, 5.74) is 1.14. The van der Waals surface area contributed by atoms with Gasteiger partial charge in [0.15, 0.2) is 5.65 Å². The number of hydrogen-bond acceptors (Lipinski definition) is 5. The summed E-state index contributed by atoms with van der Waals surface area (Å²) in [5.74, 6) is 0.0973. The Kier molecular flexibility index (Phi) is 4.84. The lowest BCUT2D eigenvalue weighted by Gasteiger charge is -2.29. The van der Waals surface area contributed by atoms with Crippen LogP contribution in [0.3, 0.4) is 0 Å². The van der Waals surface area contributed by atoms with Gasteiger partial charge in [-0.25, -0.2) is 9.50 Å². The average molecular weight is 392 g/mol. The maximum absolute atomic E-state index is 12.7. The Morgan fingerprint density at radius 3 is 2.75 bits per heavy atom. The predicted octanol–water partition coefficient (Wildman–Crippen LogP) is 3.77. The highest BCUT2D eigenvalue weighted by molar-refractivity contribution is 5.69. The summed E-state index contributed by atoms with van der Waals surface area (Å²) >= 11 is 0. The van der Waals surface area contributed by atoms with E-state index in [9.17, 15) is 13.2 Å². The summed E-state index contributed by atoms with van der Waals surface area (Å²) in [4.78, 5) is 6.43. The summed E-state index contributed by atoms with van der Waals surface area (Å²) in [6, 6.07) is 9.37. The number of benzene rings is 1. The topological polar surface area (TPSA) is 51.9 Å². The summed E-state index contributed by atoms with van der Waals surface area (Å²) in [5, 5.41) is 4.44. The molecule has 9 heteroatoms. The van der Waals surface area contributed by atoms with Crippen LogP contribution in [0.1, 0.15) is 12.8 Å². The standard InChI is InChI=1S/C19H19F3N4O2/c1-25-10-4-5-13(12-25)27-18-9-8-17-23-11-15(26(17)24-18)14-6-2-3-7-16(14)28-19(20,21)22/h2-3,6-9,11,13H,4-5,10,12H2,1H3. The Balaban J connectivity index is 1.67. The number of hydrogen-bond donors (Lipinski definition) is 0. The molecule has 0 saturated carbocycles. The van der Waals surface area contributed by atoms with E-state index in [0.29, 0.717) is 17.2 Å². The Labute approximate surface area is 159 Å². The summed E-state index contributed by atoms with van der Waals surface area (Å²) in [6.45, 7) is 1.84. The molecule has 1 unspecified atom stereocenters. The van der Waals surface area contributed by atoms with Crippen LogP contribution in [-0.2, 0) is 0 Å². The number of para-hydroxylation sites is 1. The minimum atomic E-state index is -4.79. The van der Waals surface area contributed by atoms with Gasteiger partial charge in [-0.3, -0.25) is 0 Å². The van der Waals surface area contributed by atoms with Gasteiger partial charge in [-0.2, -0.15) is 0 Å². The Morgan fingerprint density at radius 2 is 1.96 bits per heavy atom. The molecule has 0 N–H and O–H groups in total. The lowest BCUT2D eigenvalue weighted by Crippen LogP contribution is -2.38. The van der Waals surface area contributed by atoms with Crippen LogP contribution in [0.5, 0.6) is 11.6 Å². The van der Waals surface area contributed by atoms with Crippen LogP contribution in [0.2, 0.25) is 0 Å². The number of halogens is 3. The monoisotopic (exact) mass is 392 g/mol. The zero-order valence-corrected chi connectivity index (χ0v) is 15.2. The fourth-order valence-electron chi connectivity index (χ4n) is 3.38. The lowest BCUT2D eigenvalue weighted by atomic mass is 10.1. The molecule has 3 aromatic rings. The van der Waals surface area contributed by atoms with Crippen molar-refractivity contribution in [2.75, 3.05) is 20.1 Å². The molecule has 0 radical (unpaired) electrons. The maximum atomic E-state index is 12.7. The van der Waals surface area contributed by atoms with Crippen molar-refractivity contribution in [2.45, 2.75) is 25.3 Å². The second-order valence-corrected chi connectivity index (χ2v) is 6.77. The molecule has 1 fully saturated rings. The van der Waals surface area contributed by atoms with Gasteiger partial charge in [0.2, 0.25) is 5.88 Å². The van der Waals surface area contributed by atoms with Crippen LogP contribution in [0, 0.1) is 0 Å². The van der Waals surface area contributed by atoms with E-state index in [1.807, 2.05) is 7.05 Å². The van der Waals surface area contributed by atoms with Crippen molar-refractivity contribution < 1.29 is 22.6 Å². The number of aromatic nitrogens is 3. The summed E-state index contributed by atoms with van der Waals surface area (Å²) in [6.07, 6.45) is -1.31.